The molecule has 0 aromatic heterocycles. The van der Waals surface area contributed by atoms with Crippen molar-refractivity contribution >= 4 is 15.9 Å². The summed E-state index contributed by atoms with van der Waals surface area (Å²) in [6.45, 7) is 3.37. The summed E-state index contributed by atoms with van der Waals surface area (Å²) in [6, 6.07) is 0.862. The van der Waals surface area contributed by atoms with Crippen molar-refractivity contribution in [3.63, 3.8) is 0 Å². The first-order valence-corrected chi connectivity index (χ1v) is 7.44. The molecule has 1 amide bonds. The van der Waals surface area contributed by atoms with E-state index < -0.39 is 38.5 Å². The number of benzene rings is 1. The highest BCUT2D eigenvalue weighted by atomic mass is 32.2. The van der Waals surface area contributed by atoms with Crippen LogP contribution in [0.5, 0.6) is 0 Å². The van der Waals surface area contributed by atoms with Crippen LogP contribution in [0.15, 0.2) is 23.1 Å². The van der Waals surface area contributed by atoms with Gasteiger partial charge in [-0.05, 0) is 24.1 Å². The van der Waals surface area contributed by atoms with E-state index in [-0.39, 0.29) is 5.92 Å². The fraction of sp³-hybridized carbons (Fsp3) is 0.417. The molecule has 3 N–H and O–H groups in total. The lowest BCUT2D eigenvalue weighted by Crippen LogP contribution is -2.48. The van der Waals surface area contributed by atoms with Crippen LogP contribution in [0, 0.1) is 17.6 Å². The molecule has 1 rings (SSSR count). The normalized spacial score (nSPS) is 14.8. The van der Waals surface area contributed by atoms with Crippen LogP contribution in [0.25, 0.3) is 0 Å². The number of amides is 1. The lowest BCUT2D eigenvalue weighted by Gasteiger charge is -2.21. The summed E-state index contributed by atoms with van der Waals surface area (Å²) in [7, 11) is -4.38. The zero-order chi connectivity index (χ0) is 15.5. The molecule has 112 valence electrons. The fourth-order valence-electron chi connectivity index (χ4n) is 1.60. The average molecular weight is 306 g/mol. The highest BCUT2D eigenvalue weighted by molar-refractivity contribution is 7.89. The molecule has 2 unspecified atom stereocenters. The standard InChI is InChI=1S/C12H16F2N2O3S/c1-3-7(2)11(12(15)17)16-20(18,19)10-6-8(13)4-5-9(10)14/h4-7,11,16H,3H2,1-2H3,(H2,15,17). The molecule has 0 spiro atoms. The Morgan fingerprint density at radius 1 is 1.40 bits per heavy atom. The van der Waals surface area contributed by atoms with Crippen molar-refractivity contribution in [2.45, 2.75) is 31.2 Å². The van der Waals surface area contributed by atoms with E-state index in [1.165, 1.54) is 0 Å². The first-order chi connectivity index (χ1) is 9.19. The van der Waals surface area contributed by atoms with Crippen LogP contribution in [0.1, 0.15) is 20.3 Å². The van der Waals surface area contributed by atoms with Crippen LogP contribution in [-0.2, 0) is 14.8 Å². The van der Waals surface area contributed by atoms with Gasteiger partial charge in [-0.1, -0.05) is 20.3 Å². The van der Waals surface area contributed by atoms with Gasteiger partial charge in [0.2, 0.25) is 15.9 Å². The molecule has 0 bridgehead atoms. The molecular formula is C12H16F2N2O3S. The number of nitrogens with two attached hydrogens (primary N) is 1. The summed E-state index contributed by atoms with van der Waals surface area (Å²) in [4.78, 5) is 10.4. The third kappa shape index (κ3) is 3.73. The molecule has 5 nitrogen and oxygen atoms in total. The van der Waals surface area contributed by atoms with Crippen LogP contribution in [0.4, 0.5) is 8.78 Å². The molecule has 0 fully saturated rings. The Labute approximate surface area is 116 Å². The van der Waals surface area contributed by atoms with Crippen molar-refractivity contribution in [3.05, 3.63) is 29.8 Å². The molecule has 20 heavy (non-hydrogen) atoms. The predicted octanol–water partition coefficient (Wildman–Crippen LogP) is 1.14. The maximum atomic E-state index is 13.5. The second-order valence-corrected chi connectivity index (χ2v) is 6.14. The minimum atomic E-state index is -4.38. The summed E-state index contributed by atoms with van der Waals surface area (Å²) in [5, 5.41) is 0. The zero-order valence-corrected chi connectivity index (χ0v) is 11.9. The number of carbonyl (C=O) groups is 1. The molecular weight excluding hydrogens is 290 g/mol. The lowest BCUT2D eigenvalue weighted by atomic mass is 10.00. The molecule has 1 aromatic rings. The number of hydrogen-bond donors (Lipinski definition) is 2. The molecule has 0 aliphatic heterocycles. The number of hydrogen-bond acceptors (Lipinski definition) is 3. The second kappa shape index (κ2) is 6.27. The van der Waals surface area contributed by atoms with E-state index >= 15 is 0 Å². The summed E-state index contributed by atoms with van der Waals surface area (Å²) in [5.74, 6) is -3.25. The minimum absolute atomic E-state index is 0.376. The summed E-state index contributed by atoms with van der Waals surface area (Å²) in [6.07, 6.45) is 0.488. The Morgan fingerprint density at radius 2 is 2.00 bits per heavy atom. The van der Waals surface area contributed by atoms with Gasteiger partial charge in [-0.3, -0.25) is 4.79 Å². The Bertz CT molecular complexity index is 605. The highest BCUT2D eigenvalue weighted by Crippen LogP contribution is 2.18. The van der Waals surface area contributed by atoms with Gasteiger partial charge in [0.05, 0.1) is 0 Å². The van der Waals surface area contributed by atoms with Crippen molar-refractivity contribution in [3.8, 4) is 0 Å². The molecule has 0 aliphatic carbocycles. The third-order valence-electron chi connectivity index (χ3n) is 2.98. The first-order valence-electron chi connectivity index (χ1n) is 5.95. The fourth-order valence-corrected chi connectivity index (χ4v) is 3.01. The van der Waals surface area contributed by atoms with Crippen LogP contribution < -0.4 is 10.5 Å². The summed E-state index contributed by atoms with van der Waals surface area (Å²) < 4.78 is 52.6. The van der Waals surface area contributed by atoms with E-state index in [9.17, 15) is 22.0 Å². The Balaban J connectivity index is 3.16. The Kier molecular flexibility index (Phi) is 5.18. The second-order valence-electron chi connectivity index (χ2n) is 4.46. The van der Waals surface area contributed by atoms with Gasteiger partial charge >= 0.3 is 0 Å². The van der Waals surface area contributed by atoms with Gasteiger partial charge in [-0.2, -0.15) is 4.72 Å². The lowest BCUT2D eigenvalue weighted by molar-refractivity contribution is -0.120. The topological polar surface area (TPSA) is 89.3 Å². The molecule has 0 saturated heterocycles. The van der Waals surface area contributed by atoms with Gasteiger partial charge in [-0.25, -0.2) is 17.2 Å². The van der Waals surface area contributed by atoms with E-state index in [0.717, 1.165) is 6.07 Å². The van der Waals surface area contributed by atoms with Crippen LogP contribution in [0.2, 0.25) is 0 Å². The van der Waals surface area contributed by atoms with E-state index in [0.29, 0.717) is 18.6 Å². The van der Waals surface area contributed by atoms with Gasteiger partial charge in [-0.15, -0.1) is 0 Å². The van der Waals surface area contributed by atoms with Crippen LogP contribution in [-0.4, -0.2) is 20.4 Å². The van der Waals surface area contributed by atoms with Crippen molar-refractivity contribution in [1.82, 2.24) is 4.72 Å². The van der Waals surface area contributed by atoms with Gasteiger partial charge < -0.3 is 5.73 Å². The van der Waals surface area contributed by atoms with Gasteiger partial charge in [0.1, 0.15) is 22.6 Å². The summed E-state index contributed by atoms with van der Waals surface area (Å²) >= 11 is 0. The van der Waals surface area contributed by atoms with E-state index in [1.807, 2.05) is 4.72 Å². The molecule has 1 aromatic carbocycles. The number of sulfonamides is 1. The molecule has 0 aliphatic rings. The quantitative estimate of drug-likeness (QED) is 0.826. The summed E-state index contributed by atoms with van der Waals surface area (Å²) in [5.41, 5.74) is 5.13. The number of rotatable bonds is 6. The maximum absolute atomic E-state index is 13.5. The first kappa shape index (κ1) is 16.5. The molecule has 0 heterocycles. The monoisotopic (exact) mass is 306 g/mol. The van der Waals surface area contributed by atoms with Crippen molar-refractivity contribution in [2.75, 3.05) is 0 Å². The maximum Gasteiger partial charge on any atom is 0.244 e. The van der Waals surface area contributed by atoms with Gasteiger partial charge in [0.15, 0.2) is 0 Å². The van der Waals surface area contributed by atoms with Crippen LogP contribution >= 0.6 is 0 Å². The minimum Gasteiger partial charge on any atom is -0.368 e. The third-order valence-corrected chi connectivity index (χ3v) is 4.44. The molecule has 8 heteroatoms. The average Bonchev–Trinajstić information content (AvgIpc) is 2.37. The zero-order valence-electron chi connectivity index (χ0n) is 11.1. The number of primary amides is 1. The number of halogens is 2. The predicted molar refractivity (Wildman–Crippen MR) is 69.1 cm³/mol. The van der Waals surface area contributed by atoms with E-state index in [2.05, 4.69) is 0 Å². The van der Waals surface area contributed by atoms with Gasteiger partial charge in [0.25, 0.3) is 0 Å². The van der Waals surface area contributed by atoms with Crippen molar-refractivity contribution in [2.24, 2.45) is 11.7 Å². The molecule has 2 atom stereocenters. The van der Waals surface area contributed by atoms with Gasteiger partial charge in [0, 0.05) is 0 Å². The van der Waals surface area contributed by atoms with E-state index in [1.54, 1.807) is 13.8 Å². The molecule has 0 radical (unpaired) electrons. The van der Waals surface area contributed by atoms with E-state index in [4.69, 9.17) is 5.73 Å². The smallest absolute Gasteiger partial charge is 0.244 e. The SMILES string of the molecule is CCC(C)C(NS(=O)(=O)c1cc(F)ccc1F)C(N)=O. The molecule has 0 saturated carbocycles. The largest absolute Gasteiger partial charge is 0.368 e. The Hall–Kier alpha value is -1.54. The van der Waals surface area contributed by atoms with Crippen molar-refractivity contribution < 1.29 is 22.0 Å². The number of nitrogens with one attached hydrogen (secondary N) is 1. The highest BCUT2D eigenvalue weighted by Gasteiger charge is 2.29. The van der Waals surface area contributed by atoms with Crippen LogP contribution in [0.3, 0.4) is 0 Å². The number of carbonyl (C=O) groups excluding carboxylic acids is 1. The van der Waals surface area contributed by atoms with Crippen molar-refractivity contribution in [1.29, 1.82) is 0 Å². The Morgan fingerprint density at radius 3 is 2.50 bits per heavy atom.